The van der Waals surface area contributed by atoms with Gasteiger partial charge in [0.2, 0.25) is 5.91 Å². The molecule has 0 atom stereocenters. The highest BCUT2D eigenvalue weighted by atomic mass is 32.1. The number of hydrogen-bond acceptors (Lipinski definition) is 7. The average molecular weight is 499 g/mol. The van der Waals surface area contributed by atoms with E-state index < -0.39 is 5.97 Å². The molecule has 0 aliphatic carbocycles. The molecule has 2 aromatic heterocycles. The largest absolute Gasteiger partial charge is 0.497 e. The number of likely N-dealkylation sites (tertiary alicyclic amines) is 1. The Bertz CT molecular complexity index is 1150. The lowest BCUT2D eigenvalue weighted by Gasteiger charge is -2.31. The van der Waals surface area contributed by atoms with Crippen molar-refractivity contribution < 1.29 is 23.9 Å². The van der Waals surface area contributed by atoms with Gasteiger partial charge in [-0.25, -0.2) is 4.79 Å². The van der Waals surface area contributed by atoms with Crippen molar-refractivity contribution in [2.75, 3.05) is 32.1 Å². The first-order valence-corrected chi connectivity index (χ1v) is 12.8. The SMILES string of the molecule is CCOC(=O)c1c(-c2ccc(OC)cc2)csc1NC(=O)C1CCN(C(=O)c2cccs2)CC1. The van der Waals surface area contributed by atoms with Crippen molar-refractivity contribution in [2.45, 2.75) is 19.8 Å². The number of benzene rings is 1. The second-order valence-electron chi connectivity index (χ2n) is 7.84. The van der Waals surface area contributed by atoms with Crippen molar-refractivity contribution in [2.24, 2.45) is 5.92 Å². The summed E-state index contributed by atoms with van der Waals surface area (Å²) in [5.74, 6) is -0.109. The molecule has 0 saturated carbocycles. The molecule has 3 aromatic rings. The van der Waals surface area contributed by atoms with Crippen molar-refractivity contribution in [3.8, 4) is 16.9 Å². The van der Waals surface area contributed by atoms with Gasteiger partial charge < -0.3 is 19.7 Å². The molecule has 0 bridgehead atoms. The van der Waals surface area contributed by atoms with E-state index in [1.54, 1.807) is 18.9 Å². The van der Waals surface area contributed by atoms with Crippen LogP contribution in [0.2, 0.25) is 0 Å². The smallest absolute Gasteiger partial charge is 0.341 e. The van der Waals surface area contributed by atoms with Crippen LogP contribution in [0.15, 0.2) is 47.2 Å². The molecule has 1 fully saturated rings. The van der Waals surface area contributed by atoms with Crippen LogP contribution in [0, 0.1) is 5.92 Å². The second kappa shape index (κ2) is 10.8. The van der Waals surface area contributed by atoms with Crippen LogP contribution in [0.3, 0.4) is 0 Å². The number of nitrogens with zero attached hydrogens (tertiary/aromatic N) is 1. The van der Waals surface area contributed by atoms with E-state index in [2.05, 4.69) is 5.32 Å². The van der Waals surface area contributed by atoms with Gasteiger partial charge >= 0.3 is 5.97 Å². The first-order chi connectivity index (χ1) is 16.5. The zero-order valence-electron chi connectivity index (χ0n) is 19.0. The zero-order valence-corrected chi connectivity index (χ0v) is 20.7. The van der Waals surface area contributed by atoms with E-state index in [-0.39, 0.29) is 24.3 Å². The summed E-state index contributed by atoms with van der Waals surface area (Å²) in [5.41, 5.74) is 1.90. The van der Waals surface area contributed by atoms with Crippen molar-refractivity contribution in [3.63, 3.8) is 0 Å². The summed E-state index contributed by atoms with van der Waals surface area (Å²) in [6.45, 7) is 3.05. The van der Waals surface area contributed by atoms with Crippen LogP contribution in [0.4, 0.5) is 5.00 Å². The summed E-state index contributed by atoms with van der Waals surface area (Å²) in [7, 11) is 1.60. The highest BCUT2D eigenvalue weighted by molar-refractivity contribution is 7.15. The molecular weight excluding hydrogens is 472 g/mol. The van der Waals surface area contributed by atoms with E-state index in [0.29, 0.717) is 52.7 Å². The molecular formula is C25H26N2O5S2. The first-order valence-electron chi connectivity index (χ1n) is 11.1. The number of carbonyl (C=O) groups excluding carboxylic acids is 3. The number of rotatable bonds is 7. The normalized spacial score (nSPS) is 14.0. The van der Waals surface area contributed by atoms with Crippen molar-refractivity contribution in [3.05, 3.63) is 57.6 Å². The Hall–Kier alpha value is -3.17. The lowest BCUT2D eigenvalue weighted by atomic mass is 9.95. The van der Waals surface area contributed by atoms with E-state index >= 15 is 0 Å². The van der Waals surface area contributed by atoms with Gasteiger partial charge in [-0.05, 0) is 48.9 Å². The predicted molar refractivity (Wildman–Crippen MR) is 134 cm³/mol. The number of thiophene rings is 2. The molecule has 1 N–H and O–H groups in total. The summed E-state index contributed by atoms with van der Waals surface area (Å²) in [4.78, 5) is 40.9. The molecule has 0 spiro atoms. The Kier molecular flexibility index (Phi) is 7.64. The van der Waals surface area contributed by atoms with Gasteiger partial charge in [-0.2, -0.15) is 0 Å². The fraction of sp³-hybridized carbons (Fsp3) is 0.320. The maximum Gasteiger partial charge on any atom is 0.341 e. The number of methoxy groups -OCH3 is 1. The van der Waals surface area contributed by atoms with Gasteiger partial charge in [0, 0.05) is 30.0 Å². The monoisotopic (exact) mass is 498 g/mol. The summed E-state index contributed by atoms with van der Waals surface area (Å²) < 4.78 is 10.5. The quantitative estimate of drug-likeness (QED) is 0.455. The molecule has 3 heterocycles. The molecule has 1 aliphatic heterocycles. The van der Waals surface area contributed by atoms with Gasteiger partial charge in [0.1, 0.15) is 16.3 Å². The predicted octanol–water partition coefficient (Wildman–Crippen LogP) is 5.15. The van der Waals surface area contributed by atoms with Crippen LogP contribution in [0.25, 0.3) is 11.1 Å². The van der Waals surface area contributed by atoms with Crippen LogP contribution in [-0.4, -0.2) is 49.5 Å². The average Bonchev–Trinajstić information content (AvgIpc) is 3.54. The van der Waals surface area contributed by atoms with E-state index in [9.17, 15) is 14.4 Å². The molecule has 1 aromatic carbocycles. The van der Waals surface area contributed by atoms with Crippen LogP contribution in [-0.2, 0) is 9.53 Å². The number of amides is 2. The molecule has 1 saturated heterocycles. The van der Waals surface area contributed by atoms with Gasteiger partial charge in [-0.3, -0.25) is 9.59 Å². The van der Waals surface area contributed by atoms with Gasteiger partial charge in [0.05, 0.1) is 18.6 Å². The van der Waals surface area contributed by atoms with Gasteiger partial charge in [-0.1, -0.05) is 18.2 Å². The minimum absolute atomic E-state index is 0.0147. The van der Waals surface area contributed by atoms with E-state index in [1.807, 2.05) is 47.2 Å². The summed E-state index contributed by atoms with van der Waals surface area (Å²) >= 11 is 2.73. The van der Waals surface area contributed by atoms with E-state index in [0.717, 1.165) is 5.56 Å². The Labute approximate surface area is 206 Å². The molecule has 0 radical (unpaired) electrons. The number of esters is 1. The zero-order chi connectivity index (χ0) is 24.1. The Morgan fingerprint density at radius 2 is 1.82 bits per heavy atom. The summed E-state index contributed by atoms with van der Waals surface area (Å²) in [6.07, 6.45) is 1.16. The van der Waals surface area contributed by atoms with Crippen LogP contribution >= 0.6 is 22.7 Å². The molecule has 178 valence electrons. The molecule has 0 unspecified atom stereocenters. The highest BCUT2D eigenvalue weighted by Gasteiger charge is 2.30. The Morgan fingerprint density at radius 3 is 2.44 bits per heavy atom. The number of hydrogen-bond donors (Lipinski definition) is 1. The minimum atomic E-state index is -0.471. The van der Waals surface area contributed by atoms with E-state index in [1.165, 1.54) is 22.7 Å². The molecule has 34 heavy (non-hydrogen) atoms. The third-order valence-corrected chi connectivity index (χ3v) is 7.55. The Balaban J connectivity index is 1.47. The number of carbonyl (C=O) groups is 3. The van der Waals surface area contributed by atoms with Crippen molar-refractivity contribution in [1.82, 2.24) is 4.90 Å². The standard InChI is InChI=1S/C25H26N2O5S2/c1-3-32-25(30)21-19(16-6-8-18(31-2)9-7-16)15-34-23(21)26-22(28)17-10-12-27(13-11-17)24(29)20-5-4-14-33-20/h4-9,14-15,17H,3,10-13H2,1-2H3,(H,26,28). The van der Waals surface area contributed by atoms with Gasteiger partial charge in [-0.15, -0.1) is 22.7 Å². The molecule has 7 nitrogen and oxygen atoms in total. The lowest BCUT2D eigenvalue weighted by Crippen LogP contribution is -2.41. The van der Waals surface area contributed by atoms with Crippen molar-refractivity contribution >= 4 is 45.5 Å². The third kappa shape index (κ3) is 5.15. The summed E-state index contributed by atoms with van der Waals surface area (Å²) in [5, 5.41) is 7.17. The van der Waals surface area contributed by atoms with Gasteiger partial charge in [0.15, 0.2) is 0 Å². The molecule has 9 heteroatoms. The van der Waals surface area contributed by atoms with E-state index in [4.69, 9.17) is 9.47 Å². The molecule has 1 aliphatic rings. The maximum atomic E-state index is 13.1. The van der Waals surface area contributed by atoms with Crippen LogP contribution in [0.1, 0.15) is 39.8 Å². The lowest BCUT2D eigenvalue weighted by molar-refractivity contribution is -0.121. The summed E-state index contributed by atoms with van der Waals surface area (Å²) in [6, 6.07) is 11.1. The maximum absolute atomic E-state index is 13.1. The van der Waals surface area contributed by atoms with Crippen LogP contribution in [0.5, 0.6) is 5.75 Å². The topological polar surface area (TPSA) is 84.9 Å². The van der Waals surface area contributed by atoms with Crippen LogP contribution < -0.4 is 10.1 Å². The number of piperidine rings is 1. The molecule has 4 rings (SSSR count). The fourth-order valence-corrected chi connectivity index (χ4v) is 5.60. The van der Waals surface area contributed by atoms with Crippen molar-refractivity contribution in [1.29, 1.82) is 0 Å². The fourth-order valence-electron chi connectivity index (χ4n) is 3.95. The minimum Gasteiger partial charge on any atom is -0.497 e. The Morgan fingerprint density at radius 1 is 1.09 bits per heavy atom. The third-order valence-electron chi connectivity index (χ3n) is 5.79. The second-order valence-corrected chi connectivity index (χ2v) is 9.66. The number of anilines is 1. The first kappa shape index (κ1) is 24.0. The highest BCUT2D eigenvalue weighted by Crippen LogP contribution is 2.37. The number of ether oxygens (including phenoxy) is 2. The molecule has 2 amide bonds. The number of nitrogens with one attached hydrogen (secondary N) is 1. The van der Waals surface area contributed by atoms with Gasteiger partial charge in [0.25, 0.3) is 5.91 Å².